The van der Waals surface area contributed by atoms with Gasteiger partial charge in [-0.05, 0) is 74.5 Å². The largest absolute Gasteiger partial charge is 0.497 e. The molecule has 40 heavy (non-hydrogen) atoms. The van der Waals surface area contributed by atoms with Crippen LogP contribution in [0.2, 0.25) is 0 Å². The van der Waals surface area contributed by atoms with Crippen molar-refractivity contribution >= 4 is 11.2 Å². The Morgan fingerprint density at radius 3 is 1.68 bits per heavy atom. The highest BCUT2D eigenvalue weighted by molar-refractivity contribution is 5.92. The normalized spacial score (nSPS) is 11.1. The van der Waals surface area contributed by atoms with Crippen LogP contribution in [0.5, 0.6) is 28.7 Å². The van der Waals surface area contributed by atoms with Gasteiger partial charge in [0.15, 0.2) is 34.5 Å². The van der Waals surface area contributed by atoms with Gasteiger partial charge >= 0.3 is 0 Å². The molecule has 0 aliphatic carbocycles. The molecular formula is C31H32N4O5. The van der Waals surface area contributed by atoms with Gasteiger partial charge in [-0.15, -0.1) is 0 Å². The topological polar surface area (TPSA) is 89.8 Å². The zero-order valence-corrected chi connectivity index (χ0v) is 23.7. The molecule has 206 valence electrons. The standard InChI is InChI=1S/C31H32N4O5/c1-18(2)35-30(21-11-15-24(38-5)26(17-21)40-7)33-28-27(20-10-14-23(37-4)25(16-20)39-6)32-29(34-31(28)35)19-8-12-22(36-3)13-9-19/h8-18H,1-7H3. The summed E-state index contributed by atoms with van der Waals surface area (Å²) in [5.74, 6) is 4.56. The van der Waals surface area contributed by atoms with E-state index in [2.05, 4.69) is 18.4 Å². The number of rotatable bonds is 9. The van der Waals surface area contributed by atoms with E-state index in [9.17, 15) is 0 Å². The lowest BCUT2D eigenvalue weighted by Crippen LogP contribution is -2.05. The molecule has 0 saturated heterocycles. The van der Waals surface area contributed by atoms with Gasteiger partial charge in [0, 0.05) is 22.7 Å². The van der Waals surface area contributed by atoms with Crippen molar-refractivity contribution < 1.29 is 23.7 Å². The number of fused-ring (bicyclic) bond motifs is 1. The Labute approximate surface area is 233 Å². The molecule has 0 fully saturated rings. The fourth-order valence-corrected chi connectivity index (χ4v) is 4.70. The van der Waals surface area contributed by atoms with E-state index in [1.807, 2.05) is 60.7 Å². The summed E-state index contributed by atoms with van der Waals surface area (Å²) in [5.41, 5.74) is 4.61. The monoisotopic (exact) mass is 540 g/mol. The Kier molecular flexibility index (Phi) is 7.46. The van der Waals surface area contributed by atoms with Gasteiger partial charge in [-0.2, -0.15) is 0 Å². The number of imidazole rings is 1. The lowest BCUT2D eigenvalue weighted by atomic mass is 10.1. The third-order valence-electron chi connectivity index (χ3n) is 6.70. The molecule has 0 aliphatic heterocycles. The van der Waals surface area contributed by atoms with E-state index >= 15 is 0 Å². The van der Waals surface area contributed by atoms with Crippen molar-refractivity contribution in [2.75, 3.05) is 35.5 Å². The van der Waals surface area contributed by atoms with Crippen LogP contribution in [0.4, 0.5) is 0 Å². The predicted octanol–water partition coefficient (Wildman–Crippen LogP) is 6.45. The van der Waals surface area contributed by atoms with Gasteiger partial charge in [-0.3, -0.25) is 0 Å². The highest BCUT2D eigenvalue weighted by Gasteiger charge is 2.23. The lowest BCUT2D eigenvalue weighted by molar-refractivity contribution is 0.355. The maximum Gasteiger partial charge on any atom is 0.165 e. The molecule has 0 aliphatic rings. The minimum atomic E-state index is 0.0463. The number of ether oxygens (including phenoxy) is 5. The Morgan fingerprint density at radius 2 is 1.12 bits per heavy atom. The predicted molar refractivity (Wildman–Crippen MR) is 155 cm³/mol. The molecule has 3 aromatic carbocycles. The summed E-state index contributed by atoms with van der Waals surface area (Å²) >= 11 is 0. The second-order valence-corrected chi connectivity index (χ2v) is 9.34. The summed E-state index contributed by atoms with van der Waals surface area (Å²) in [4.78, 5) is 15.2. The van der Waals surface area contributed by atoms with Crippen LogP contribution in [-0.4, -0.2) is 55.1 Å². The molecule has 2 heterocycles. The minimum absolute atomic E-state index is 0.0463. The molecule has 0 unspecified atom stereocenters. The fourth-order valence-electron chi connectivity index (χ4n) is 4.70. The number of aromatic nitrogens is 4. The van der Waals surface area contributed by atoms with Gasteiger partial charge in [0.05, 0.1) is 35.5 Å². The molecule has 0 saturated carbocycles. The first-order chi connectivity index (χ1) is 19.4. The van der Waals surface area contributed by atoms with Crippen LogP contribution in [0.3, 0.4) is 0 Å². The van der Waals surface area contributed by atoms with Gasteiger partial charge in [0.1, 0.15) is 22.8 Å². The second kappa shape index (κ2) is 11.1. The molecule has 5 rings (SSSR count). The Morgan fingerprint density at radius 1 is 0.575 bits per heavy atom. The van der Waals surface area contributed by atoms with E-state index in [1.165, 1.54) is 0 Å². The van der Waals surface area contributed by atoms with E-state index in [0.717, 1.165) is 28.3 Å². The first-order valence-electron chi connectivity index (χ1n) is 12.8. The minimum Gasteiger partial charge on any atom is -0.497 e. The number of hydrogen-bond acceptors (Lipinski definition) is 8. The van der Waals surface area contributed by atoms with E-state index in [1.54, 1.807) is 35.5 Å². The number of hydrogen-bond donors (Lipinski definition) is 0. The Balaban J connectivity index is 1.82. The van der Waals surface area contributed by atoms with Gasteiger partial charge in [0.2, 0.25) is 0 Å². The highest BCUT2D eigenvalue weighted by atomic mass is 16.5. The first kappa shape index (κ1) is 26.8. The van der Waals surface area contributed by atoms with Crippen molar-refractivity contribution in [3.05, 3.63) is 60.7 Å². The van der Waals surface area contributed by atoms with E-state index in [4.69, 9.17) is 38.6 Å². The maximum atomic E-state index is 5.60. The summed E-state index contributed by atoms with van der Waals surface area (Å²) in [6.07, 6.45) is 0. The average Bonchev–Trinajstić information content (AvgIpc) is 3.39. The molecule has 0 bridgehead atoms. The quantitative estimate of drug-likeness (QED) is 0.211. The van der Waals surface area contributed by atoms with Gasteiger partial charge in [-0.1, -0.05) is 0 Å². The van der Waals surface area contributed by atoms with Crippen molar-refractivity contribution in [3.8, 4) is 62.8 Å². The van der Waals surface area contributed by atoms with Crippen molar-refractivity contribution in [1.29, 1.82) is 0 Å². The van der Waals surface area contributed by atoms with Gasteiger partial charge < -0.3 is 28.3 Å². The highest BCUT2D eigenvalue weighted by Crippen LogP contribution is 2.39. The lowest BCUT2D eigenvalue weighted by Gasteiger charge is -2.15. The van der Waals surface area contributed by atoms with Crippen molar-refractivity contribution in [2.45, 2.75) is 19.9 Å². The van der Waals surface area contributed by atoms with Crippen LogP contribution in [0.1, 0.15) is 19.9 Å². The molecular weight excluding hydrogens is 508 g/mol. The molecule has 2 aromatic heterocycles. The van der Waals surface area contributed by atoms with Crippen LogP contribution in [0.25, 0.3) is 45.2 Å². The molecule has 0 atom stereocenters. The van der Waals surface area contributed by atoms with Crippen LogP contribution < -0.4 is 23.7 Å². The summed E-state index contributed by atoms with van der Waals surface area (Å²) < 4.78 is 29.6. The van der Waals surface area contributed by atoms with Gasteiger partial charge in [0.25, 0.3) is 0 Å². The summed E-state index contributed by atoms with van der Waals surface area (Å²) in [7, 11) is 8.11. The second-order valence-electron chi connectivity index (χ2n) is 9.34. The smallest absolute Gasteiger partial charge is 0.165 e. The van der Waals surface area contributed by atoms with Crippen LogP contribution in [-0.2, 0) is 0 Å². The average molecular weight is 541 g/mol. The summed E-state index contributed by atoms with van der Waals surface area (Å²) in [6, 6.07) is 19.2. The number of nitrogens with zero attached hydrogens (tertiary/aromatic N) is 4. The van der Waals surface area contributed by atoms with Gasteiger partial charge in [-0.25, -0.2) is 15.0 Å². The third-order valence-corrected chi connectivity index (χ3v) is 6.70. The summed E-state index contributed by atoms with van der Waals surface area (Å²) in [5, 5.41) is 0. The molecule has 9 heteroatoms. The zero-order chi connectivity index (χ0) is 28.4. The number of methoxy groups -OCH3 is 5. The molecule has 9 nitrogen and oxygen atoms in total. The van der Waals surface area contributed by atoms with E-state index in [0.29, 0.717) is 45.7 Å². The van der Waals surface area contributed by atoms with Crippen LogP contribution >= 0.6 is 0 Å². The zero-order valence-electron chi connectivity index (χ0n) is 23.7. The van der Waals surface area contributed by atoms with E-state index in [-0.39, 0.29) is 6.04 Å². The first-order valence-corrected chi connectivity index (χ1v) is 12.8. The Hall–Kier alpha value is -4.79. The SMILES string of the molecule is COc1ccc(-c2nc(-c3ccc(OC)c(OC)c3)c3nc(-c4ccc(OC)c(OC)c4)n(C(C)C)c3n2)cc1. The molecule has 5 aromatic rings. The van der Waals surface area contributed by atoms with Crippen LogP contribution in [0, 0.1) is 0 Å². The van der Waals surface area contributed by atoms with E-state index < -0.39 is 0 Å². The summed E-state index contributed by atoms with van der Waals surface area (Å²) in [6.45, 7) is 4.22. The van der Waals surface area contributed by atoms with Crippen molar-refractivity contribution in [1.82, 2.24) is 19.5 Å². The Bertz CT molecular complexity index is 1660. The maximum absolute atomic E-state index is 5.60. The molecule has 0 N–H and O–H groups in total. The van der Waals surface area contributed by atoms with Crippen molar-refractivity contribution in [2.24, 2.45) is 0 Å². The fraction of sp³-hybridized carbons (Fsp3) is 0.258. The van der Waals surface area contributed by atoms with Crippen molar-refractivity contribution in [3.63, 3.8) is 0 Å². The molecule has 0 radical (unpaired) electrons. The van der Waals surface area contributed by atoms with Crippen LogP contribution in [0.15, 0.2) is 60.7 Å². The molecule has 0 amide bonds. The third kappa shape index (κ3) is 4.75. The molecule has 0 spiro atoms. The number of benzene rings is 3.